The van der Waals surface area contributed by atoms with Gasteiger partial charge in [-0.1, -0.05) is 32.9 Å². The van der Waals surface area contributed by atoms with Crippen molar-refractivity contribution in [2.24, 2.45) is 0 Å². The van der Waals surface area contributed by atoms with E-state index < -0.39 is 26.6 Å². The summed E-state index contributed by atoms with van der Waals surface area (Å²) < 4.78 is 40.8. The number of hydrogen-bond donors (Lipinski definition) is 1. The molecule has 1 saturated heterocycles. The highest BCUT2D eigenvalue weighted by Crippen LogP contribution is 2.26. The highest BCUT2D eigenvalue weighted by molar-refractivity contribution is 7.89. The molecule has 150 valence electrons. The van der Waals surface area contributed by atoms with Gasteiger partial charge in [-0.25, -0.2) is 12.8 Å². The lowest BCUT2D eigenvalue weighted by Crippen LogP contribution is -2.29. The molecular formula is C21H25FN2O3S. The molecular weight excluding hydrogens is 379 g/mol. The highest BCUT2D eigenvalue weighted by Gasteiger charge is 2.30. The Morgan fingerprint density at radius 2 is 1.64 bits per heavy atom. The van der Waals surface area contributed by atoms with E-state index in [4.69, 9.17) is 0 Å². The van der Waals surface area contributed by atoms with Gasteiger partial charge in [0.2, 0.25) is 10.0 Å². The number of rotatable bonds is 4. The molecule has 28 heavy (non-hydrogen) atoms. The van der Waals surface area contributed by atoms with Crippen molar-refractivity contribution in [2.75, 3.05) is 18.4 Å². The Labute approximate surface area is 165 Å². The van der Waals surface area contributed by atoms with Crippen LogP contribution in [0.4, 0.5) is 10.1 Å². The Morgan fingerprint density at radius 1 is 1.04 bits per heavy atom. The maximum atomic E-state index is 14.2. The highest BCUT2D eigenvalue weighted by atomic mass is 32.2. The van der Waals surface area contributed by atoms with Crippen LogP contribution in [-0.2, 0) is 15.4 Å². The molecule has 2 aromatic rings. The van der Waals surface area contributed by atoms with E-state index in [1.807, 2.05) is 12.1 Å². The summed E-state index contributed by atoms with van der Waals surface area (Å²) in [6, 6.07) is 10.9. The Kier molecular flexibility index (Phi) is 5.59. The molecule has 0 radical (unpaired) electrons. The van der Waals surface area contributed by atoms with Crippen molar-refractivity contribution < 1.29 is 17.6 Å². The maximum Gasteiger partial charge on any atom is 0.255 e. The number of halogens is 1. The summed E-state index contributed by atoms with van der Waals surface area (Å²) in [4.78, 5) is 12.1. The van der Waals surface area contributed by atoms with Gasteiger partial charge in [-0.2, -0.15) is 4.31 Å². The first-order valence-electron chi connectivity index (χ1n) is 9.30. The van der Waals surface area contributed by atoms with Crippen LogP contribution < -0.4 is 5.32 Å². The topological polar surface area (TPSA) is 66.5 Å². The summed E-state index contributed by atoms with van der Waals surface area (Å²) in [5.74, 6) is -1.33. The molecule has 7 heteroatoms. The third-order valence-corrected chi connectivity index (χ3v) is 6.80. The zero-order valence-corrected chi connectivity index (χ0v) is 17.1. The molecule has 0 unspecified atom stereocenters. The molecule has 2 aromatic carbocycles. The van der Waals surface area contributed by atoms with Crippen LogP contribution in [0.3, 0.4) is 0 Å². The largest absolute Gasteiger partial charge is 0.322 e. The van der Waals surface area contributed by atoms with Gasteiger partial charge in [0.1, 0.15) is 10.7 Å². The average molecular weight is 405 g/mol. The van der Waals surface area contributed by atoms with Gasteiger partial charge in [0.05, 0.1) is 0 Å². The van der Waals surface area contributed by atoms with Crippen LogP contribution in [0, 0.1) is 5.82 Å². The minimum Gasteiger partial charge on any atom is -0.322 e. The summed E-state index contributed by atoms with van der Waals surface area (Å²) in [6.45, 7) is 7.04. The first-order chi connectivity index (χ1) is 13.1. The molecule has 0 saturated carbocycles. The van der Waals surface area contributed by atoms with Crippen molar-refractivity contribution in [1.82, 2.24) is 4.31 Å². The van der Waals surface area contributed by atoms with Crippen molar-refractivity contribution in [2.45, 2.75) is 43.9 Å². The monoisotopic (exact) mass is 404 g/mol. The molecule has 1 aliphatic heterocycles. The lowest BCUT2D eigenvalue weighted by Gasteiger charge is -2.19. The number of nitrogens with zero attached hydrogens (tertiary/aromatic N) is 1. The number of nitrogens with one attached hydrogen (secondary N) is 1. The van der Waals surface area contributed by atoms with Crippen LogP contribution in [0.1, 0.15) is 49.5 Å². The quantitative estimate of drug-likeness (QED) is 0.832. The van der Waals surface area contributed by atoms with E-state index in [1.165, 1.54) is 10.4 Å². The summed E-state index contributed by atoms with van der Waals surface area (Å²) in [5, 5.41) is 2.73. The van der Waals surface area contributed by atoms with Crippen LogP contribution in [0.25, 0.3) is 0 Å². The fourth-order valence-corrected chi connectivity index (χ4v) is 4.77. The molecule has 1 heterocycles. The minimum atomic E-state index is -3.94. The number of anilines is 1. The van der Waals surface area contributed by atoms with Crippen molar-refractivity contribution in [1.29, 1.82) is 0 Å². The Balaban J connectivity index is 1.83. The third kappa shape index (κ3) is 4.25. The molecule has 5 nitrogen and oxygen atoms in total. The first-order valence-corrected chi connectivity index (χ1v) is 10.7. The third-order valence-electron chi connectivity index (χ3n) is 4.89. The summed E-state index contributed by atoms with van der Waals surface area (Å²) in [6.07, 6.45) is 1.51. The molecule has 0 aromatic heterocycles. The molecule has 3 rings (SSSR count). The summed E-state index contributed by atoms with van der Waals surface area (Å²) in [5.41, 5.74) is 1.81. The second-order valence-corrected chi connectivity index (χ2v) is 9.94. The Bertz CT molecular complexity index is 974. The van der Waals surface area contributed by atoms with E-state index in [9.17, 15) is 17.6 Å². The van der Waals surface area contributed by atoms with Gasteiger partial charge >= 0.3 is 0 Å². The van der Waals surface area contributed by atoms with Gasteiger partial charge in [-0.3, -0.25) is 4.79 Å². The second kappa shape index (κ2) is 7.64. The van der Waals surface area contributed by atoms with Crippen molar-refractivity contribution in [3.05, 3.63) is 59.4 Å². The lowest BCUT2D eigenvalue weighted by molar-refractivity contribution is 0.102. The van der Waals surface area contributed by atoms with Gasteiger partial charge in [0.25, 0.3) is 5.91 Å². The van der Waals surface area contributed by atoms with Crippen LogP contribution in [0.2, 0.25) is 0 Å². The van der Waals surface area contributed by atoms with Crippen LogP contribution in [-0.4, -0.2) is 31.7 Å². The van der Waals surface area contributed by atoms with E-state index in [2.05, 4.69) is 26.1 Å². The molecule has 0 bridgehead atoms. The minimum absolute atomic E-state index is 0.00166. The van der Waals surface area contributed by atoms with Gasteiger partial charge in [-0.15, -0.1) is 0 Å². The molecule has 0 aliphatic carbocycles. The number of carbonyl (C=O) groups is 1. The fourth-order valence-electron chi connectivity index (χ4n) is 3.17. The van der Waals surface area contributed by atoms with E-state index >= 15 is 0 Å². The fraction of sp³-hybridized carbons (Fsp3) is 0.381. The van der Waals surface area contributed by atoms with Gasteiger partial charge in [0, 0.05) is 24.3 Å². The predicted molar refractivity (Wildman–Crippen MR) is 107 cm³/mol. The zero-order chi connectivity index (χ0) is 20.5. The van der Waals surface area contributed by atoms with Crippen molar-refractivity contribution >= 4 is 21.6 Å². The maximum absolute atomic E-state index is 14.2. The SMILES string of the molecule is CC(C)(C)c1ccc(NC(=O)c2ccc(F)c(S(=O)(=O)N3CCCC3)c2)cc1. The first kappa shape index (κ1) is 20.5. The normalized spacial score (nSPS) is 15.6. The van der Waals surface area contributed by atoms with Crippen molar-refractivity contribution in [3.8, 4) is 0 Å². The lowest BCUT2D eigenvalue weighted by atomic mass is 9.87. The number of carbonyl (C=O) groups excluding carboxylic acids is 1. The molecule has 0 atom stereocenters. The number of amides is 1. The Morgan fingerprint density at radius 3 is 2.21 bits per heavy atom. The molecule has 0 spiro atoms. The van der Waals surface area contributed by atoms with Gasteiger partial charge in [-0.05, 0) is 54.2 Å². The number of hydrogen-bond acceptors (Lipinski definition) is 3. The van der Waals surface area contributed by atoms with E-state index in [1.54, 1.807) is 12.1 Å². The molecule has 1 amide bonds. The smallest absolute Gasteiger partial charge is 0.255 e. The van der Waals surface area contributed by atoms with Gasteiger partial charge in [0.15, 0.2) is 0 Å². The van der Waals surface area contributed by atoms with Crippen LogP contribution >= 0.6 is 0 Å². The van der Waals surface area contributed by atoms with Crippen molar-refractivity contribution in [3.63, 3.8) is 0 Å². The van der Waals surface area contributed by atoms with E-state index in [-0.39, 0.29) is 11.0 Å². The van der Waals surface area contributed by atoms with Crippen LogP contribution in [0.15, 0.2) is 47.4 Å². The molecule has 1 fully saturated rings. The number of benzene rings is 2. The summed E-state index contributed by atoms with van der Waals surface area (Å²) >= 11 is 0. The van der Waals surface area contributed by atoms with Crippen LogP contribution in [0.5, 0.6) is 0 Å². The second-order valence-electron chi connectivity index (χ2n) is 8.04. The molecule has 1 N–H and O–H groups in total. The predicted octanol–water partition coefficient (Wildman–Crippen LogP) is 4.16. The van der Waals surface area contributed by atoms with Gasteiger partial charge < -0.3 is 5.32 Å². The zero-order valence-electron chi connectivity index (χ0n) is 16.3. The standard InChI is InChI=1S/C21H25FN2O3S/c1-21(2,3)16-7-9-17(10-8-16)23-20(25)15-6-11-18(22)19(14-15)28(26,27)24-12-4-5-13-24/h6-11,14H,4-5,12-13H2,1-3H3,(H,23,25). The average Bonchev–Trinajstić information content (AvgIpc) is 3.17. The summed E-state index contributed by atoms with van der Waals surface area (Å²) in [7, 11) is -3.94. The van der Waals surface area contributed by atoms with E-state index in [0.717, 1.165) is 30.5 Å². The van der Waals surface area contributed by atoms with E-state index in [0.29, 0.717) is 18.8 Å². The number of sulfonamides is 1. The Hall–Kier alpha value is -2.25. The molecule has 1 aliphatic rings.